The summed E-state index contributed by atoms with van der Waals surface area (Å²) in [6.07, 6.45) is 7.39. The van der Waals surface area contributed by atoms with Crippen molar-refractivity contribution in [2.24, 2.45) is 0 Å². The first kappa shape index (κ1) is 19.1. The number of ether oxygens (including phenoxy) is 1. The summed E-state index contributed by atoms with van der Waals surface area (Å²) in [5.41, 5.74) is 1.96. The Morgan fingerprint density at radius 3 is 2.67 bits per heavy atom. The minimum absolute atomic E-state index is 0.0191. The third-order valence-corrected chi connectivity index (χ3v) is 5.15. The van der Waals surface area contributed by atoms with Crippen molar-refractivity contribution >= 4 is 5.91 Å². The van der Waals surface area contributed by atoms with Gasteiger partial charge in [0.15, 0.2) is 0 Å². The van der Waals surface area contributed by atoms with Gasteiger partial charge in [-0.2, -0.15) is 0 Å². The van der Waals surface area contributed by atoms with Gasteiger partial charge in [-0.1, -0.05) is 25.0 Å². The van der Waals surface area contributed by atoms with Crippen LogP contribution >= 0.6 is 0 Å². The molecule has 0 spiro atoms. The van der Waals surface area contributed by atoms with Crippen molar-refractivity contribution < 1.29 is 9.53 Å². The number of carbonyl (C=O) groups is 1. The second-order valence-electron chi connectivity index (χ2n) is 7.02. The van der Waals surface area contributed by atoms with E-state index in [4.69, 9.17) is 4.74 Å². The highest BCUT2D eigenvalue weighted by Crippen LogP contribution is 2.32. The summed E-state index contributed by atoms with van der Waals surface area (Å²) in [5, 5.41) is 2.87. The normalized spacial score (nSPS) is 14.3. The van der Waals surface area contributed by atoms with E-state index < -0.39 is 0 Å². The van der Waals surface area contributed by atoms with Crippen LogP contribution in [-0.2, 0) is 17.8 Å². The molecule has 1 heterocycles. The molecule has 0 radical (unpaired) electrons. The zero-order chi connectivity index (χ0) is 19.1. The highest BCUT2D eigenvalue weighted by Gasteiger charge is 2.18. The Hall–Kier alpha value is -2.63. The number of methoxy groups -OCH3 is 1. The highest BCUT2D eigenvalue weighted by molar-refractivity contribution is 5.76. The second kappa shape index (κ2) is 9.35. The van der Waals surface area contributed by atoms with E-state index in [1.807, 2.05) is 24.3 Å². The monoisotopic (exact) mass is 369 g/mol. The maximum Gasteiger partial charge on any atom is 0.253 e. The fraction of sp³-hybridized carbons (Fsp3) is 0.476. The fourth-order valence-electron chi connectivity index (χ4n) is 3.51. The Morgan fingerprint density at radius 2 is 2.00 bits per heavy atom. The maximum absolute atomic E-state index is 12.2. The van der Waals surface area contributed by atoms with E-state index in [1.165, 1.54) is 12.8 Å². The van der Waals surface area contributed by atoms with Crippen LogP contribution in [0.2, 0.25) is 0 Å². The van der Waals surface area contributed by atoms with Gasteiger partial charge in [0, 0.05) is 31.5 Å². The first-order valence-corrected chi connectivity index (χ1v) is 9.62. The molecule has 6 nitrogen and oxygen atoms in total. The SMILES string of the molecule is COc1ccc(CCC(=O)NCCn2cnc(C3CCCC3)cc2=O)cc1. The van der Waals surface area contributed by atoms with Crippen molar-refractivity contribution in [2.75, 3.05) is 13.7 Å². The molecular formula is C21H27N3O3. The number of benzene rings is 1. The molecule has 144 valence electrons. The van der Waals surface area contributed by atoms with Gasteiger partial charge >= 0.3 is 0 Å². The summed E-state index contributed by atoms with van der Waals surface area (Å²) >= 11 is 0. The Kier molecular flexibility index (Phi) is 6.63. The van der Waals surface area contributed by atoms with Crippen molar-refractivity contribution in [1.82, 2.24) is 14.9 Å². The number of aryl methyl sites for hydroxylation is 1. The summed E-state index contributed by atoms with van der Waals surface area (Å²) in [5.74, 6) is 1.22. The molecule has 0 aliphatic heterocycles. The fourth-order valence-corrected chi connectivity index (χ4v) is 3.51. The quantitative estimate of drug-likeness (QED) is 0.776. The first-order chi connectivity index (χ1) is 13.2. The van der Waals surface area contributed by atoms with E-state index in [2.05, 4.69) is 10.3 Å². The molecule has 0 saturated heterocycles. The molecule has 6 heteroatoms. The highest BCUT2D eigenvalue weighted by atomic mass is 16.5. The van der Waals surface area contributed by atoms with E-state index >= 15 is 0 Å². The van der Waals surface area contributed by atoms with Crippen LogP contribution in [-0.4, -0.2) is 29.1 Å². The average Bonchev–Trinajstić information content (AvgIpc) is 3.23. The molecule has 0 atom stereocenters. The Balaban J connectivity index is 1.42. The van der Waals surface area contributed by atoms with Gasteiger partial charge in [-0.25, -0.2) is 4.98 Å². The number of hydrogen-bond acceptors (Lipinski definition) is 4. The van der Waals surface area contributed by atoms with Crippen LogP contribution in [0.5, 0.6) is 5.75 Å². The predicted molar refractivity (Wildman–Crippen MR) is 104 cm³/mol. The lowest BCUT2D eigenvalue weighted by Crippen LogP contribution is -2.31. The van der Waals surface area contributed by atoms with Gasteiger partial charge < -0.3 is 10.1 Å². The van der Waals surface area contributed by atoms with Crippen LogP contribution in [0, 0.1) is 0 Å². The third kappa shape index (κ3) is 5.42. The molecule has 1 aromatic heterocycles. The lowest BCUT2D eigenvalue weighted by molar-refractivity contribution is -0.121. The van der Waals surface area contributed by atoms with Gasteiger partial charge in [0.05, 0.1) is 19.1 Å². The molecular weight excluding hydrogens is 342 g/mol. The average molecular weight is 369 g/mol. The van der Waals surface area contributed by atoms with Crippen LogP contribution in [0.25, 0.3) is 0 Å². The van der Waals surface area contributed by atoms with E-state index in [1.54, 1.807) is 24.1 Å². The molecule has 1 aliphatic rings. The van der Waals surface area contributed by atoms with E-state index in [9.17, 15) is 9.59 Å². The molecule has 1 N–H and O–H groups in total. The Morgan fingerprint density at radius 1 is 1.26 bits per heavy atom. The van der Waals surface area contributed by atoms with Crippen molar-refractivity contribution in [3.63, 3.8) is 0 Å². The van der Waals surface area contributed by atoms with Crippen molar-refractivity contribution in [1.29, 1.82) is 0 Å². The largest absolute Gasteiger partial charge is 0.497 e. The van der Waals surface area contributed by atoms with Gasteiger partial charge in [-0.3, -0.25) is 14.2 Å². The lowest BCUT2D eigenvalue weighted by atomic mass is 10.0. The first-order valence-electron chi connectivity index (χ1n) is 9.62. The van der Waals surface area contributed by atoms with E-state index in [0.717, 1.165) is 29.8 Å². The lowest BCUT2D eigenvalue weighted by Gasteiger charge is -2.11. The van der Waals surface area contributed by atoms with Gasteiger partial charge in [-0.15, -0.1) is 0 Å². The molecule has 1 saturated carbocycles. The zero-order valence-corrected chi connectivity index (χ0v) is 15.8. The minimum atomic E-state index is -0.0422. The second-order valence-corrected chi connectivity index (χ2v) is 7.02. The maximum atomic E-state index is 12.2. The number of nitrogens with one attached hydrogen (secondary N) is 1. The van der Waals surface area contributed by atoms with Gasteiger partial charge in [0.25, 0.3) is 5.56 Å². The Bertz CT molecular complexity index is 808. The molecule has 0 unspecified atom stereocenters. The number of rotatable bonds is 8. The van der Waals surface area contributed by atoms with Crippen LogP contribution in [0.4, 0.5) is 0 Å². The number of nitrogens with zero attached hydrogens (tertiary/aromatic N) is 2. The van der Waals surface area contributed by atoms with Gasteiger partial charge in [-0.05, 0) is 37.0 Å². The number of hydrogen-bond donors (Lipinski definition) is 1. The molecule has 2 aromatic rings. The molecule has 1 fully saturated rings. The summed E-state index contributed by atoms with van der Waals surface area (Å²) in [4.78, 5) is 28.7. The molecule has 1 aliphatic carbocycles. The Labute approximate surface area is 159 Å². The number of aromatic nitrogens is 2. The number of amides is 1. The van der Waals surface area contributed by atoms with Crippen LogP contribution in [0.1, 0.15) is 49.3 Å². The topological polar surface area (TPSA) is 73.2 Å². The molecule has 1 amide bonds. The van der Waals surface area contributed by atoms with Gasteiger partial charge in [0.1, 0.15) is 5.75 Å². The van der Waals surface area contributed by atoms with Crippen molar-refractivity contribution in [2.45, 2.75) is 51.0 Å². The van der Waals surface area contributed by atoms with Crippen molar-refractivity contribution in [3.8, 4) is 5.75 Å². The summed E-state index contributed by atoms with van der Waals surface area (Å²) < 4.78 is 6.68. The summed E-state index contributed by atoms with van der Waals surface area (Å²) in [7, 11) is 1.63. The van der Waals surface area contributed by atoms with E-state index in [0.29, 0.717) is 31.8 Å². The zero-order valence-electron chi connectivity index (χ0n) is 15.8. The summed E-state index contributed by atoms with van der Waals surface area (Å²) in [6, 6.07) is 9.36. The standard InChI is InChI=1S/C21H27N3O3/c1-27-18-9-6-16(7-10-18)8-11-20(25)22-12-13-24-15-23-19(14-21(24)26)17-4-2-3-5-17/h6-7,9-10,14-15,17H,2-5,8,11-13H2,1H3,(H,22,25). The van der Waals surface area contributed by atoms with Crippen molar-refractivity contribution in [3.05, 3.63) is 58.3 Å². The van der Waals surface area contributed by atoms with Gasteiger partial charge in [0.2, 0.25) is 5.91 Å². The number of carbonyl (C=O) groups excluding carboxylic acids is 1. The molecule has 1 aromatic carbocycles. The molecule has 27 heavy (non-hydrogen) atoms. The van der Waals surface area contributed by atoms with Crippen LogP contribution in [0.3, 0.4) is 0 Å². The van der Waals surface area contributed by atoms with Crippen LogP contribution in [0.15, 0.2) is 41.5 Å². The predicted octanol–water partition coefficient (Wildman–Crippen LogP) is 2.66. The van der Waals surface area contributed by atoms with Crippen LogP contribution < -0.4 is 15.6 Å². The third-order valence-electron chi connectivity index (χ3n) is 5.15. The molecule has 3 rings (SSSR count). The van der Waals surface area contributed by atoms with E-state index in [-0.39, 0.29) is 11.5 Å². The smallest absolute Gasteiger partial charge is 0.253 e. The molecule has 0 bridgehead atoms. The minimum Gasteiger partial charge on any atom is -0.497 e. The summed E-state index contributed by atoms with van der Waals surface area (Å²) in [6.45, 7) is 0.858.